The normalized spacial score (nSPS) is 19.5. The van der Waals surface area contributed by atoms with Crippen LogP contribution in [0.1, 0.15) is 37.9 Å². The van der Waals surface area contributed by atoms with E-state index in [1.54, 1.807) is 0 Å². The van der Waals surface area contributed by atoms with Gasteiger partial charge in [-0.1, -0.05) is 19.0 Å². The van der Waals surface area contributed by atoms with Crippen LogP contribution < -0.4 is 10.6 Å². The fourth-order valence-corrected chi connectivity index (χ4v) is 2.36. The molecule has 0 amide bonds. The van der Waals surface area contributed by atoms with Crippen LogP contribution in [0.3, 0.4) is 0 Å². The molecule has 0 radical (unpaired) electrons. The number of aryl methyl sites for hydroxylation is 1. The van der Waals surface area contributed by atoms with Gasteiger partial charge in [0.25, 0.3) is 0 Å². The first kappa shape index (κ1) is 13.6. The summed E-state index contributed by atoms with van der Waals surface area (Å²) in [6.45, 7) is 8.44. The molecule has 0 unspecified atom stereocenters. The number of pyridine rings is 1. The van der Waals surface area contributed by atoms with E-state index in [4.69, 9.17) is 10.9 Å². The van der Waals surface area contributed by atoms with Crippen molar-refractivity contribution in [3.8, 4) is 0 Å². The Morgan fingerprint density at radius 2 is 2.00 bits per heavy atom. The van der Waals surface area contributed by atoms with Gasteiger partial charge in [-0.15, -0.1) is 0 Å². The smallest absolute Gasteiger partial charge is 0.173 e. The summed E-state index contributed by atoms with van der Waals surface area (Å²) in [6.07, 6.45) is 2.25. The number of piperidine rings is 1. The van der Waals surface area contributed by atoms with Gasteiger partial charge >= 0.3 is 0 Å². The van der Waals surface area contributed by atoms with Gasteiger partial charge in [0.1, 0.15) is 5.82 Å². The van der Waals surface area contributed by atoms with E-state index >= 15 is 0 Å². The third-order valence-corrected chi connectivity index (χ3v) is 3.81. The van der Waals surface area contributed by atoms with E-state index in [0.717, 1.165) is 37.4 Å². The second kappa shape index (κ2) is 5.07. The molecule has 0 atom stereocenters. The van der Waals surface area contributed by atoms with E-state index in [1.807, 2.05) is 19.1 Å². The van der Waals surface area contributed by atoms with E-state index in [0.29, 0.717) is 11.0 Å². The maximum atomic E-state index is 8.88. The number of anilines is 1. The van der Waals surface area contributed by atoms with E-state index < -0.39 is 0 Å². The van der Waals surface area contributed by atoms with Gasteiger partial charge in [-0.25, -0.2) is 4.98 Å². The summed E-state index contributed by atoms with van der Waals surface area (Å²) in [5, 5.41) is 12.0. The van der Waals surface area contributed by atoms with Crippen LogP contribution in [0.5, 0.6) is 0 Å². The summed E-state index contributed by atoms with van der Waals surface area (Å²) in [5.74, 6) is 0.943. The molecule has 19 heavy (non-hydrogen) atoms. The largest absolute Gasteiger partial charge is 0.409 e. The molecule has 0 spiro atoms. The molecule has 5 heteroatoms. The first-order chi connectivity index (χ1) is 8.93. The number of rotatable bonds is 2. The van der Waals surface area contributed by atoms with E-state index in [-0.39, 0.29) is 5.84 Å². The van der Waals surface area contributed by atoms with Crippen LogP contribution in [0.4, 0.5) is 5.82 Å². The number of nitrogens with two attached hydrogens (primary N) is 1. The minimum atomic E-state index is 0.118. The molecule has 1 saturated heterocycles. The number of hydrogen-bond acceptors (Lipinski definition) is 4. The molecule has 2 heterocycles. The van der Waals surface area contributed by atoms with Crippen LogP contribution in [-0.2, 0) is 0 Å². The zero-order valence-electron chi connectivity index (χ0n) is 11.8. The maximum absolute atomic E-state index is 8.88. The molecule has 1 aliphatic rings. The van der Waals surface area contributed by atoms with Gasteiger partial charge in [-0.2, -0.15) is 0 Å². The van der Waals surface area contributed by atoms with Gasteiger partial charge < -0.3 is 15.8 Å². The average molecular weight is 262 g/mol. The first-order valence-electron chi connectivity index (χ1n) is 6.63. The maximum Gasteiger partial charge on any atom is 0.173 e. The van der Waals surface area contributed by atoms with E-state index in [9.17, 15) is 0 Å². The van der Waals surface area contributed by atoms with Crippen LogP contribution in [-0.4, -0.2) is 29.1 Å². The number of aromatic nitrogens is 1. The zero-order chi connectivity index (χ0) is 14.0. The molecular formula is C14H22N4O. The Labute approximate surface area is 114 Å². The second-order valence-corrected chi connectivity index (χ2v) is 5.96. The van der Waals surface area contributed by atoms with Crippen LogP contribution in [0.15, 0.2) is 17.3 Å². The van der Waals surface area contributed by atoms with Crippen LogP contribution >= 0.6 is 0 Å². The number of oxime groups is 1. The standard InChI is InChI=1S/C14H22N4O/c1-10-4-5-11(12(15)17-19)13(16-10)18-8-6-14(2,3)7-9-18/h4-5,19H,6-9H2,1-3H3,(H2,15,17). The van der Waals surface area contributed by atoms with Crippen LogP contribution in [0.25, 0.3) is 0 Å². The highest BCUT2D eigenvalue weighted by Gasteiger charge is 2.27. The predicted octanol–water partition coefficient (Wildman–Crippen LogP) is 2.11. The highest BCUT2D eigenvalue weighted by molar-refractivity contribution is 6.01. The SMILES string of the molecule is Cc1ccc(C(N)=NO)c(N2CCC(C)(C)CC2)n1. The summed E-state index contributed by atoms with van der Waals surface area (Å²) in [5.41, 5.74) is 7.77. The van der Waals surface area contributed by atoms with E-state index in [2.05, 4.69) is 28.9 Å². The topological polar surface area (TPSA) is 74.7 Å². The molecule has 104 valence electrons. The first-order valence-corrected chi connectivity index (χ1v) is 6.63. The lowest BCUT2D eigenvalue weighted by molar-refractivity contribution is 0.279. The predicted molar refractivity (Wildman–Crippen MR) is 76.7 cm³/mol. The van der Waals surface area contributed by atoms with Crippen molar-refractivity contribution in [3.05, 3.63) is 23.4 Å². The lowest BCUT2D eigenvalue weighted by Crippen LogP contribution is -2.39. The van der Waals surface area contributed by atoms with Crippen molar-refractivity contribution in [2.24, 2.45) is 16.3 Å². The Balaban J connectivity index is 2.31. The van der Waals surface area contributed by atoms with Crippen molar-refractivity contribution < 1.29 is 5.21 Å². The summed E-state index contributed by atoms with van der Waals surface area (Å²) >= 11 is 0. The molecule has 0 bridgehead atoms. The summed E-state index contributed by atoms with van der Waals surface area (Å²) in [4.78, 5) is 6.80. The Kier molecular flexibility index (Phi) is 3.64. The molecule has 0 aliphatic carbocycles. The summed E-state index contributed by atoms with van der Waals surface area (Å²) in [7, 11) is 0. The van der Waals surface area contributed by atoms with Gasteiger partial charge in [-0.05, 0) is 37.3 Å². The third kappa shape index (κ3) is 2.97. The molecular weight excluding hydrogens is 240 g/mol. The number of hydrogen-bond donors (Lipinski definition) is 2. The minimum Gasteiger partial charge on any atom is -0.409 e. The summed E-state index contributed by atoms with van der Waals surface area (Å²) < 4.78 is 0. The highest BCUT2D eigenvalue weighted by Crippen LogP contribution is 2.32. The Hall–Kier alpha value is -1.78. The van der Waals surface area contributed by atoms with Gasteiger partial charge in [0.05, 0.1) is 5.56 Å². The zero-order valence-corrected chi connectivity index (χ0v) is 11.8. The van der Waals surface area contributed by atoms with Crippen molar-refractivity contribution in [2.75, 3.05) is 18.0 Å². The third-order valence-electron chi connectivity index (χ3n) is 3.81. The molecule has 0 saturated carbocycles. The highest BCUT2D eigenvalue weighted by atomic mass is 16.4. The monoisotopic (exact) mass is 262 g/mol. The Morgan fingerprint density at radius 3 is 2.58 bits per heavy atom. The molecule has 1 aromatic heterocycles. The van der Waals surface area contributed by atoms with Crippen molar-refractivity contribution in [1.29, 1.82) is 0 Å². The van der Waals surface area contributed by atoms with E-state index in [1.165, 1.54) is 0 Å². The molecule has 3 N–H and O–H groups in total. The van der Waals surface area contributed by atoms with Crippen molar-refractivity contribution in [2.45, 2.75) is 33.6 Å². The molecule has 2 rings (SSSR count). The fourth-order valence-electron chi connectivity index (χ4n) is 2.36. The van der Waals surface area contributed by atoms with Crippen molar-refractivity contribution in [3.63, 3.8) is 0 Å². The second-order valence-electron chi connectivity index (χ2n) is 5.96. The lowest BCUT2D eigenvalue weighted by atomic mass is 9.82. The number of amidine groups is 1. The van der Waals surface area contributed by atoms with Gasteiger partial charge in [0, 0.05) is 18.8 Å². The average Bonchev–Trinajstić information content (AvgIpc) is 2.38. The lowest BCUT2D eigenvalue weighted by Gasteiger charge is -2.38. The Morgan fingerprint density at radius 1 is 1.37 bits per heavy atom. The molecule has 5 nitrogen and oxygen atoms in total. The molecule has 1 aliphatic heterocycles. The van der Waals surface area contributed by atoms with Crippen molar-refractivity contribution >= 4 is 11.7 Å². The minimum absolute atomic E-state index is 0.118. The van der Waals surface area contributed by atoms with Crippen LogP contribution in [0.2, 0.25) is 0 Å². The van der Waals surface area contributed by atoms with Gasteiger partial charge in [0.15, 0.2) is 5.84 Å². The van der Waals surface area contributed by atoms with Crippen molar-refractivity contribution in [1.82, 2.24) is 4.98 Å². The molecule has 1 aromatic rings. The quantitative estimate of drug-likeness (QED) is 0.370. The Bertz CT molecular complexity index is 486. The molecule has 0 aromatic carbocycles. The fraction of sp³-hybridized carbons (Fsp3) is 0.571. The number of nitrogens with zero attached hydrogens (tertiary/aromatic N) is 3. The van der Waals surface area contributed by atoms with Crippen LogP contribution in [0, 0.1) is 12.3 Å². The van der Waals surface area contributed by atoms with Gasteiger partial charge in [-0.3, -0.25) is 0 Å². The van der Waals surface area contributed by atoms with Gasteiger partial charge in [0.2, 0.25) is 0 Å². The molecule has 1 fully saturated rings. The summed E-state index contributed by atoms with van der Waals surface area (Å²) in [6, 6.07) is 3.75.